The smallest absolute Gasteiger partial charge is 0.244 e. The van der Waals surface area contributed by atoms with Crippen molar-refractivity contribution in [2.24, 2.45) is 11.8 Å². The predicted octanol–water partition coefficient (Wildman–Crippen LogP) is 2.20. The lowest BCUT2D eigenvalue weighted by Gasteiger charge is -2.18. The second-order valence-electron chi connectivity index (χ2n) is 5.97. The molecule has 1 aromatic rings. The molecule has 20 heavy (non-hydrogen) atoms. The summed E-state index contributed by atoms with van der Waals surface area (Å²) < 4.78 is 27.6. The second-order valence-corrected chi connectivity index (χ2v) is 8.81. The van der Waals surface area contributed by atoms with Crippen LogP contribution in [0.2, 0.25) is 0 Å². The minimum Gasteiger partial charge on any atom is -0.315 e. The summed E-state index contributed by atoms with van der Waals surface area (Å²) in [5, 5.41) is 5.02. The Morgan fingerprint density at radius 1 is 1.35 bits per heavy atom. The number of sulfonamides is 1. The summed E-state index contributed by atoms with van der Waals surface area (Å²) in [4.78, 5) is 1.49. The van der Waals surface area contributed by atoms with Crippen molar-refractivity contribution in [2.75, 3.05) is 20.1 Å². The zero-order chi connectivity index (χ0) is 14.3. The van der Waals surface area contributed by atoms with Crippen LogP contribution in [-0.2, 0) is 16.6 Å². The third-order valence-corrected chi connectivity index (χ3v) is 7.91. The van der Waals surface area contributed by atoms with Crippen LogP contribution in [0.5, 0.6) is 0 Å². The molecule has 1 saturated carbocycles. The Labute approximate surface area is 125 Å². The largest absolute Gasteiger partial charge is 0.315 e. The Kier molecular flexibility index (Phi) is 3.92. The van der Waals surface area contributed by atoms with E-state index in [-0.39, 0.29) is 0 Å². The van der Waals surface area contributed by atoms with Gasteiger partial charge in [-0.05, 0) is 49.6 Å². The van der Waals surface area contributed by atoms with Gasteiger partial charge in [0.25, 0.3) is 0 Å². The number of hydrogen-bond acceptors (Lipinski definition) is 4. The van der Waals surface area contributed by atoms with Gasteiger partial charge in [-0.1, -0.05) is 6.42 Å². The molecule has 1 aromatic heterocycles. The molecule has 0 radical (unpaired) electrons. The summed E-state index contributed by atoms with van der Waals surface area (Å²) in [7, 11) is -1.46. The molecule has 2 unspecified atom stereocenters. The van der Waals surface area contributed by atoms with Gasteiger partial charge in [0.2, 0.25) is 10.0 Å². The first-order valence-electron chi connectivity index (χ1n) is 7.25. The lowest BCUT2D eigenvalue weighted by molar-refractivity contribution is 0.444. The van der Waals surface area contributed by atoms with E-state index in [0.29, 0.717) is 23.3 Å². The highest BCUT2D eigenvalue weighted by Crippen LogP contribution is 2.41. The Morgan fingerprint density at radius 2 is 2.00 bits per heavy atom. The van der Waals surface area contributed by atoms with Gasteiger partial charge in [0.15, 0.2) is 0 Å². The predicted molar refractivity (Wildman–Crippen MR) is 81.4 cm³/mol. The lowest BCUT2D eigenvalue weighted by Crippen LogP contribution is -2.30. The van der Waals surface area contributed by atoms with Gasteiger partial charge >= 0.3 is 0 Å². The molecule has 1 aliphatic carbocycles. The third-order valence-electron chi connectivity index (χ3n) is 4.62. The average molecular weight is 314 g/mol. The molecule has 0 spiro atoms. The summed E-state index contributed by atoms with van der Waals surface area (Å²) in [6.07, 6.45) is 3.66. The van der Waals surface area contributed by atoms with Gasteiger partial charge in [-0.2, -0.15) is 4.31 Å². The molecule has 1 aliphatic heterocycles. The van der Waals surface area contributed by atoms with E-state index in [0.717, 1.165) is 23.5 Å². The van der Waals surface area contributed by atoms with Crippen LogP contribution in [0.4, 0.5) is 0 Å². The molecule has 1 saturated heterocycles. The molecular formula is C14H22N2O2S2. The fraction of sp³-hybridized carbons (Fsp3) is 0.714. The molecule has 112 valence electrons. The summed E-state index contributed by atoms with van der Waals surface area (Å²) in [6.45, 7) is 3.97. The fourth-order valence-electron chi connectivity index (χ4n) is 3.63. The summed E-state index contributed by atoms with van der Waals surface area (Å²) in [5.74, 6) is 1.19. The van der Waals surface area contributed by atoms with Crippen LogP contribution in [0.1, 0.15) is 29.7 Å². The second kappa shape index (κ2) is 5.40. The molecule has 2 aliphatic rings. The van der Waals surface area contributed by atoms with Crippen molar-refractivity contribution in [1.29, 1.82) is 0 Å². The SMILES string of the molecule is CNCc1scc(C)c1S(=O)(=O)N1CC2CCCC2C1. The fourth-order valence-corrected chi connectivity index (χ4v) is 6.96. The quantitative estimate of drug-likeness (QED) is 0.927. The molecule has 4 nitrogen and oxygen atoms in total. The molecule has 1 N–H and O–H groups in total. The van der Waals surface area contributed by atoms with E-state index in [1.54, 1.807) is 4.31 Å². The van der Waals surface area contributed by atoms with Crippen molar-refractivity contribution >= 4 is 21.4 Å². The van der Waals surface area contributed by atoms with Crippen molar-refractivity contribution in [1.82, 2.24) is 9.62 Å². The van der Waals surface area contributed by atoms with E-state index < -0.39 is 10.0 Å². The maximum absolute atomic E-state index is 12.9. The lowest BCUT2D eigenvalue weighted by atomic mass is 10.0. The normalized spacial score (nSPS) is 27.1. The first-order valence-corrected chi connectivity index (χ1v) is 9.57. The van der Waals surface area contributed by atoms with Gasteiger partial charge in [0, 0.05) is 24.5 Å². The van der Waals surface area contributed by atoms with Crippen LogP contribution in [0.25, 0.3) is 0 Å². The number of thiophene rings is 1. The van der Waals surface area contributed by atoms with E-state index in [2.05, 4.69) is 5.32 Å². The molecule has 2 fully saturated rings. The van der Waals surface area contributed by atoms with Crippen LogP contribution < -0.4 is 5.32 Å². The van der Waals surface area contributed by atoms with Crippen molar-refractivity contribution in [2.45, 2.75) is 37.6 Å². The van der Waals surface area contributed by atoms with E-state index >= 15 is 0 Å². The van der Waals surface area contributed by atoms with E-state index in [1.807, 2.05) is 19.4 Å². The number of nitrogens with zero attached hydrogens (tertiary/aromatic N) is 1. The van der Waals surface area contributed by atoms with Crippen molar-refractivity contribution < 1.29 is 8.42 Å². The van der Waals surface area contributed by atoms with Crippen LogP contribution in [-0.4, -0.2) is 32.9 Å². The van der Waals surface area contributed by atoms with Crippen molar-refractivity contribution in [3.8, 4) is 0 Å². The van der Waals surface area contributed by atoms with Crippen molar-refractivity contribution in [3.05, 3.63) is 15.8 Å². The van der Waals surface area contributed by atoms with Gasteiger partial charge < -0.3 is 5.32 Å². The molecule has 2 atom stereocenters. The topological polar surface area (TPSA) is 49.4 Å². The zero-order valence-corrected chi connectivity index (χ0v) is 13.7. The number of rotatable bonds is 4. The third kappa shape index (κ3) is 2.32. The highest BCUT2D eigenvalue weighted by atomic mass is 32.2. The minimum absolute atomic E-state index is 0.553. The van der Waals surface area contributed by atoms with Gasteiger partial charge in [0.05, 0.1) is 0 Å². The first-order chi connectivity index (χ1) is 9.54. The maximum atomic E-state index is 12.9. The molecule has 0 bridgehead atoms. The number of hydrogen-bond donors (Lipinski definition) is 1. The maximum Gasteiger partial charge on any atom is 0.244 e. The number of fused-ring (bicyclic) bond motifs is 1. The summed E-state index contributed by atoms with van der Waals surface area (Å²) in [6, 6.07) is 0. The zero-order valence-electron chi connectivity index (χ0n) is 12.1. The molecule has 0 amide bonds. The molecule has 6 heteroatoms. The van der Waals surface area contributed by atoms with Gasteiger partial charge in [-0.15, -0.1) is 11.3 Å². The van der Waals surface area contributed by atoms with E-state index in [1.165, 1.54) is 30.6 Å². The van der Waals surface area contributed by atoms with Gasteiger partial charge in [0.1, 0.15) is 4.90 Å². The Hall–Kier alpha value is -0.430. The molecular weight excluding hydrogens is 292 g/mol. The van der Waals surface area contributed by atoms with Crippen molar-refractivity contribution in [3.63, 3.8) is 0 Å². The van der Waals surface area contributed by atoms with E-state index in [4.69, 9.17) is 0 Å². The first kappa shape index (κ1) is 14.5. The molecule has 0 aromatic carbocycles. The van der Waals surface area contributed by atoms with Gasteiger partial charge in [-0.3, -0.25) is 0 Å². The molecule has 2 heterocycles. The average Bonchev–Trinajstić information content (AvgIpc) is 3.03. The van der Waals surface area contributed by atoms with Crippen LogP contribution in [0, 0.1) is 18.8 Å². The highest BCUT2D eigenvalue weighted by Gasteiger charge is 2.42. The molecule has 3 rings (SSSR count). The number of nitrogens with one attached hydrogen (secondary N) is 1. The summed E-state index contributed by atoms with van der Waals surface area (Å²) in [5.41, 5.74) is 0.886. The van der Waals surface area contributed by atoms with Crippen LogP contribution >= 0.6 is 11.3 Å². The Bertz CT molecular complexity index is 582. The minimum atomic E-state index is -3.32. The summed E-state index contributed by atoms with van der Waals surface area (Å²) >= 11 is 1.54. The Morgan fingerprint density at radius 3 is 2.60 bits per heavy atom. The van der Waals surface area contributed by atoms with E-state index in [9.17, 15) is 8.42 Å². The Balaban J connectivity index is 1.91. The van der Waals surface area contributed by atoms with Crippen LogP contribution in [0.15, 0.2) is 10.3 Å². The highest BCUT2D eigenvalue weighted by molar-refractivity contribution is 7.89. The van der Waals surface area contributed by atoms with Crippen LogP contribution in [0.3, 0.4) is 0 Å². The standard InChI is InChI=1S/C14H22N2O2S2/c1-10-9-19-13(6-15-2)14(10)20(17,18)16-7-11-4-3-5-12(11)8-16/h9,11-12,15H,3-8H2,1-2H3. The van der Waals surface area contributed by atoms with Gasteiger partial charge in [-0.25, -0.2) is 8.42 Å². The monoisotopic (exact) mass is 314 g/mol. The number of aryl methyl sites for hydroxylation is 1.